The minimum atomic E-state index is -0.529. The van der Waals surface area contributed by atoms with Gasteiger partial charge in [0.2, 0.25) is 5.91 Å². The van der Waals surface area contributed by atoms with E-state index < -0.39 is 5.54 Å². The van der Waals surface area contributed by atoms with Crippen molar-refractivity contribution in [2.75, 3.05) is 19.6 Å². The smallest absolute Gasteiger partial charge is 0.256 e. The Morgan fingerprint density at radius 1 is 0.811 bits per heavy atom. The number of aliphatic imine (C=N–C) groups is 1. The van der Waals surface area contributed by atoms with Gasteiger partial charge in [-0.15, -0.1) is 0 Å². The first-order valence-electron chi connectivity index (χ1n) is 13.4. The van der Waals surface area contributed by atoms with E-state index in [0.29, 0.717) is 18.4 Å². The lowest BCUT2D eigenvalue weighted by atomic mass is 10.00. The monoisotopic (exact) mass is 490 g/mol. The van der Waals surface area contributed by atoms with Crippen molar-refractivity contribution in [3.05, 3.63) is 78.6 Å². The van der Waals surface area contributed by atoms with E-state index in [0.717, 1.165) is 78.8 Å². The van der Waals surface area contributed by atoms with E-state index in [-0.39, 0.29) is 11.8 Å². The van der Waals surface area contributed by atoms with Gasteiger partial charge in [-0.05, 0) is 72.4 Å². The van der Waals surface area contributed by atoms with Crippen molar-refractivity contribution in [1.82, 2.24) is 14.8 Å². The number of amides is 2. The third-order valence-corrected chi connectivity index (χ3v) is 8.28. The number of hydrogen-bond acceptors (Lipinski definition) is 4. The van der Waals surface area contributed by atoms with Gasteiger partial charge in [-0.25, -0.2) is 0 Å². The number of aromatic nitrogens is 1. The molecule has 1 atom stereocenters. The van der Waals surface area contributed by atoms with Crippen LogP contribution in [0.3, 0.4) is 0 Å². The third-order valence-electron chi connectivity index (χ3n) is 8.28. The van der Waals surface area contributed by atoms with Crippen molar-refractivity contribution in [1.29, 1.82) is 0 Å². The molecule has 0 unspecified atom stereocenters. The summed E-state index contributed by atoms with van der Waals surface area (Å²) in [7, 11) is 0. The normalized spacial score (nSPS) is 22.0. The van der Waals surface area contributed by atoms with E-state index in [1.165, 1.54) is 0 Å². The fraction of sp³-hybridized carbons (Fsp3) is 0.355. The van der Waals surface area contributed by atoms with Crippen LogP contribution < -0.4 is 0 Å². The van der Waals surface area contributed by atoms with Crippen molar-refractivity contribution in [3.63, 3.8) is 0 Å². The van der Waals surface area contributed by atoms with E-state index in [1.807, 2.05) is 34.3 Å². The molecule has 0 bridgehead atoms. The average Bonchev–Trinajstić information content (AvgIpc) is 3.87. The zero-order chi connectivity index (χ0) is 25.0. The molecule has 3 aromatic rings. The summed E-state index contributed by atoms with van der Waals surface area (Å²) in [4.78, 5) is 38.9. The molecule has 2 aliphatic carbocycles. The van der Waals surface area contributed by atoms with Gasteiger partial charge in [0.05, 0.1) is 0 Å². The van der Waals surface area contributed by atoms with Crippen molar-refractivity contribution in [3.8, 4) is 22.3 Å². The van der Waals surface area contributed by atoms with Crippen molar-refractivity contribution in [2.45, 2.75) is 37.6 Å². The van der Waals surface area contributed by atoms with Crippen molar-refractivity contribution < 1.29 is 9.59 Å². The van der Waals surface area contributed by atoms with Gasteiger partial charge in [-0.1, -0.05) is 48.5 Å². The van der Waals surface area contributed by atoms with E-state index in [4.69, 9.17) is 4.99 Å². The summed E-state index contributed by atoms with van der Waals surface area (Å²) in [5.74, 6) is 1.82. The second kappa shape index (κ2) is 8.65. The summed E-state index contributed by atoms with van der Waals surface area (Å²) in [6.07, 6.45) is 8.32. The highest BCUT2D eigenvalue weighted by molar-refractivity contribution is 6.16. The van der Waals surface area contributed by atoms with E-state index in [1.54, 1.807) is 0 Å². The molecule has 186 valence electrons. The lowest BCUT2D eigenvalue weighted by Gasteiger charge is -2.23. The number of carbonyl (C=O) groups excluding carboxylic acids is 2. The number of carbonyl (C=O) groups is 2. The maximum atomic E-state index is 13.4. The third kappa shape index (κ3) is 4.14. The molecule has 37 heavy (non-hydrogen) atoms. The summed E-state index contributed by atoms with van der Waals surface area (Å²) in [6.45, 7) is 2.22. The molecule has 1 saturated heterocycles. The Morgan fingerprint density at radius 3 is 1.95 bits per heavy atom. The molecular weight excluding hydrogens is 460 g/mol. The molecule has 1 spiro atoms. The maximum Gasteiger partial charge on any atom is 0.256 e. The molecule has 7 rings (SSSR count). The molecule has 6 heteroatoms. The van der Waals surface area contributed by atoms with Gasteiger partial charge in [-0.2, -0.15) is 0 Å². The van der Waals surface area contributed by atoms with Crippen LogP contribution in [0.15, 0.2) is 78.0 Å². The highest BCUT2D eigenvalue weighted by Gasteiger charge is 2.57. The number of hydrogen-bond donors (Lipinski definition) is 0. The number of rotatable bonds is 6. The van der Waals surface area contributed by atoms with Gasteiger partial charge < -0.3 is 4.90 Å². The van der Waals surface area contributed by atoms with Gasteiger partial charge in [0.15, 0.2) is 0 Å². The first-order valence-corrected chi connectivity index (χ1v) is 13.4. The molecule has 0 radical (unpaired) electrons. The molecule has 2 aromatic carbocycles. The predicted molar refractivity (Wildman–Crippen MR) is 143 cm³/mol. The molecular formula is C31H30N4O2. The standard InChI is InChI=1S/C31H30N4O2/c36-29(27-9-10-27)34-18-13-21(19-34)20-35-28(33-31(14-15-31)30(35)37)26-7-5-23(6-8-26)22-1-3-24(4-2-22)25-11-16-32-17-12-25/h1-8,11-12,16-17,21,27H,9-10,13-15,18-20H2/t21-/m1/s1. The lowest BCUT2D eigenvalue weighted by molar-refractivity contribution is -0.131. The molecule has 1 aromatic heterocycles. The van der Waals surface area contributed by atoms with Crippen LogP contribution in [-0.2, 0) is 9.59 Å². The minimum Gasteiger partial charge on any atom is -0.342 e. The van der Waals surface area contributed by atoms with Gasteiger partial charge in [-0.3, -0.25) is 24.5 Å². The van der Waals surface area contributed by atoms with Crippen LogP contribution in [0, 0.1) is 11.8 Å². The number of amidine groups is 1. The Hall–Kier alpha value is -3.80. The molecule has 4 aliphatic rings. The SMILES string of the molecule is O=C(C1CC1)N1CC[C@@H](CN2C(=O)C3(CC3)N=C2c2ccc(-c3ccc(-c4ccncc4)cc3)cc2)C1. The minimum absolute atomic E-state index is 0.144. The van der Waals surface area contributed by atoms with Crippen LogP contribution in [0.25, 0.3) is 22.3 Å². The van der Waals surface area contributed by atoms with Gasteiger partial charge in [0.1, 0.15) is 11.4 Å². The van der Waals surface area contributed by atoms with Gasteiger partial charge >= 0.3 is 0 Å². The van der Waals surface area contributed by atoms with Crippen LogP contribution in [0.4, 0.5) is 0 Å². The predicted octanol–water partition coefficient (Wildman–Crippen LogP) is 4.80. The number of benzene rings is 2. The first kappa shape index (κ1) is 22.4. The molecule has 2 aliphatic heterocycles. The van der Waals surface area contributed by atoms with Crippen LogP contribution >= 0.6 is 0 Å². The Morgan fingerprint density at radius 2 is 1.38 bits per heavy atom. The van der Waals surface area contributed by atoms with E-state index >= 15 is 0 Å². The van der Waals surface area contributed by atoms with E-state index in [2.05, 4.69) is 53.5 Å². The fourth-order valence-electron chi connectivity index (χ4n) is 5.73. The number of nitrogens with zero attached hydrogens (tertiary/aromatic N) is 4. The van der Waals surface area contributed by atoms with Gasteiger partial charge in [0, 0.05) is 43.5 Å². The second-order valence-electron chi connectivity index (χ2n) is 11.0. The second-order valence-corrected chi connectivity index (χ2v) is 11.0. The highest BCUT2D eigenvalue weighted by atomic mass is 16.2. The van der Waals surface area contributed by atoms with Crippen LogP contribution in [0.2, 0.25) is 0 Å². The maximum absolute atomic E-state index is 13.4. The van der Waals surface area contributed by atoms with Crippen LogP contribution in [0.1, 0.15) is 37.7 Å². The molecule has 2 amide bonds. The first-order chi connectivity index (χ1) is 18.1. The Labute approximate surface area is 217 Å². The Balaban J connectivity index is 1.08. The average molecular weight is 491 g/mol. The zero-order valence-electron chi connectivity index (χ0n) is 20.8. The molecule has 3 fully saturated rings. The van der Waals surface area contributed by atoms with Crippen LogP contribution in [0.5, 0.6) is 0 Å². The number of pyridine rings is 1. The van der Waals surface area contributed by atoms with Crippen molar-refractivity contribution >= 4 is 17.6 Å². The molecule has 6 nitrogen and oxygen atoms in total. The Kier molecular flexibility index (Phi) is 5.24. The topological polar surface area (TPSA) is 65.9 Å². The lowest BCUT2D eigenvalue weighted by Crippen LogP contribution is -2.40. The summed E-state index contributed by atoms with van der Waals surface area (Å²) < 4.78 is 0. The fourth-order valence-corrected chi connectivity index (χ4v) is 5.73. The zero-order valence-corrected chi connectivity index (χ0v) is 20.8. The number of likely N-dealkylation sites (tertiary alicyclic amines) is 1. The van der Waals surface area contributed by atoms with E-state index in [9.17, 15) is 9.59 Å². The summed E-state index contributed by atoms with van der Waals surface area (Å²) in [6, 6.07) is 21.0. The summed E-state index contributed by atoms with van der Waals surface area (Å²) >= 11 is 0. The molecule has 3 heterocycles. The Bertz CT molecular complexity index is 1370. The molecule has 0 N–H and O–H groups in total. The van der Waals surface area contributed by atoms with Crippen LogP contribution in [-0.4, -0.2) is 57.6 Å². The largest absolute Gasteiger partial charge is 0.342 e. The quantitative estimate of drug-likeness (QED) is 0.499. The van der Waals surface area contributed by atoms with Gasteiger partial charge in [0.25, 0.3) is 5.91 Å². The summed E-state index contributed by atoms with van der Waals surface area (Å²) in [5.41, 5.74) is 5.05. The molecule has 2 saturated carbocycles. The highest BCUT2D eigenvalue weighted by Crippen LogP contribution is 2.46. The summed E-state index contributed by atoms with van der Waals surface area (Å²) in [5, 5.41) is 0. The van der Waals surface area contributed by atoms with Crippen molar-refractivity contribution in [2.24, 2.45) is 16.8 Å².